The summed E-state index contributed by atoms with van der Waals surface area (Å²) < 4.78 is 1.92. The molecule has 2 aromatic carbocycles. The SMILES string of the molecule is Cn1ccnc1Sc1ccccc1NC(=O)C1=NN(Cc2ccccc2)C(=O)CC1. The number of hydrogen-bond acceptors (Lipinski definition) is 5. The molecule has 0 saturated heterocycles. The van der Waals surface area contributed by atoms with Gasteiger partial charge in [-0.2, -0.15) is 5.10 Å². The van der Waals surface area contributed by atoms with Gasteiger partial charge in [-0.1, -0.05) is 42.5 Å². The predicted octanol–water partition coefficient (Wildman–Crippen LogP) is 3.69. The molecule has 4 rings (SSSR count). The maximum atomic E-state index is 12.9. The van der Waals surface area contributed by atoms with Gasteiger partial charge in [0.25, 0.3) is 5.91 Å². The van der Waals surface area contributed by atoms with Crippen molar-refractivity contribution in [2.75, 3.05) is 5.32 Å². The Morgan fingerprint density at radius 2 is 1.87 bits per heavy atom. The summed E-state index contributed by atoms with van der Waals surface area (Å²) in [6.07, 6.45) is 4.20. The molecule has 2 amide bonds. The highest BCUT2D eigenvalue weighted by Gasteiger charge is 2.25. The third-order valence-electron chi connectivity index (χ3n) is 4.66. The van der Waals surface area contributed by atoms with E-state index in [1.165, 1.54) is 16.8 Å². The second-order valence-corrected chi connectivity index (χ2v) is 7.87. The number of hydrazone groups is 1. The van der Waals surface area contributed by atoms with E-state index in [-0.39, 0.29) is 18.2 Å². The van der Waals surface area contributed by atoms with Crippen LogP contribution < -0.4 is 5.32 Å². The zero-order valence-electron chi connectivity index (χ0n) is 16.5. The van der Waals surface area contributed by atoms with Crippen LogP contribution in [0.25, 0.3) is 0 Å². The maximum absolute atomic E-state index is 12.9. The lowest BCUT2D eigenvalue weighted by molar-refractivity contribution is -0.132. The minimum Gasteiger partial charge on any atom is -0.329 e. The smallest absolute Gasteiger partial charge is 0.271 e. The zero-order valence-corrected chi connectivity index (χ0v) is 17.3. The summed E-state index contributed by atoms with van der Waals surface area (Å²) in [6.45, 7) is 0.349. The van der Waals surface area contributed by atoms with Crippen LogP contribution in [0.3, 0.4) is 0 Å². The molecule has 7 nitrogen and oxygen atoms in total. The van der Waals surface area contributed by atoms with E-state index < -0.39 is 0 Å². The molecular formula is C22H21N5O2S. The van der Waals surface area contributed by atoms with Crippen LogP contribution in [0, 0.1) is 0 Å². The summed E-state index contributed by atoms with van der Waals surface area (Å²) in [7, 11) is 1.92. The Morgan fingerprint density at radius 3 is 2.63 bits per heavy atom. The number of para-hydroxylation sites is 1. The number of carbonyl (C=O) groups is 2. The van der Waals surface area contributed by atoms with E-state index in [9.17, 15) is 9.59 Å². The number of aromatic nitrogens is 2. The van der Waals surface area contributed by atoms with Gasteiger partial charge < -0.3 is 9.88 Å². The van der Waals surface area contributed by atoms with E-state index in [1.807, 2.05) is 72.4 Å². The first kappa shape index (κ1) is 19.9. The molecular weight excluding hydrogens is 398 g/mol. The molecule has 1 aliphatic rings. The van der Waals surface area contributed by atoms with Crippen molar-refractivity contribution in [3.63, 3.8) is 0 Å². The van der Waals surface area contributed by atoms with Crippen LogP contribution in [0.4, 0.5) is 5.69 Å². The quantitative estimate of drug-likeness (QED) is 0.661. The molecule has 1 N–H and O–H groups in total. The fourth-order valence-electron chi connectivity index (χ4n) is 3.05. The molecule has 0 atom stereocenters. The van der Waals surface area contributed by atoms with E-state index in [2.05, 4.69) is 15.4 Å². The van der Waals surface area contributed by atoms with Crippen molar-refractivity contribution in [1.82, 2.24) is 14.6 Å². The summed E-state index contributed by atoms with van der Waals surface area (Å²) in [5.74, 6) is -0.380. The number of anilines is 1. The summed E-state index contributed by atoms with van der Waals surface area (Å²) in [5, 5.41) is 9.49. The normalized spacial score (nSPS) is 13.8. The van der Waals surface area contributed by atoms with Gasteiger partial charge in [-0.05, 0) is 29.5 Å². The average Bonchev–Trinajstić information content (AvgIpc) is 3.16. The van der Waals surface area contributed by atoms with Crippen LogP contribution in [0.5, 0.6) is 0 Å². The second kappa shape index (κ2) is 8.96. The first-order chi connectivity index (χ1) is 14.6. The van der Waals surface area contributed by atoms with Crippen molar-refractivity contribution < 1.29 is 9.59 Å². The highest BCUT2D eigenvalue weighted by molar-refractivity contribution is 7.99. The molecule has 3 aromatic rings. The third kappa shape index (κ3) is 4.60. The fourth-order valence-corrected chi connectivity index (χ4v) is 3.94. The van der Waals surface area contributed by atoms with Crippen molar-refractivity contribution >= 4 is 35.0 Å². The van der Waals surface area contributed by atoms with Crippen molar-refractivity contribution in [2.45, 2.75) is 29.4 Å². The number of nitrogens with zero attached hydrogens (tertiary/aromatic N) is 4. The Hall–Kier alpha value is -3.39. The maximum Gasteiger partial charge on any atom is 0.271 e. The number of benzene rings is 2. The van der Waals surface area contributed by atoms with Gasteiger partial charge >= 0.3 is 0 Å². The van der Waals surface area contributed by atoms with E-state index in [0.717, 1.165) is 15.6 Å². The monoisotopic (exact) mass is 419 g/mol. The second-order valence-electron chi connectivity index (χ2n) is 6.86. The fraction of sp³-hybridized carbons (Fsp3) is 0.182. The van der Waals surface area contributed by atoms with Gasteiger partial charge in [0, 0.05) is 37.2 Å². The molecule has 0 aliphatic carbocycles. The lowest BCUT2D eigenvalue weighted by Crippen LogP contribution is -2.36. The Morgan fingerprint density at radius 1 is 1.10 bits per heavy atom. The molecule has 2 heterocycles. The molecule has 0 saturated carbocycles. The van der Waals surface area contributed by atoms with Crippen molar-refractivity contribution in [2.24, 2.45) is 12.1 Å². The molecule has 152 valence electrons. The largest absolute Gasteiger partial charge is 0.329 e. The summed E-state index contributed by atoms with van der Waals surface area (Å²) in [5.41, 5.74) is 2.00. The summed E-state index contributed by atoms with van der Waals surface area (Å²) in [4.78, 5) is 30.4. The molecule has 1 aromatic heterocycles. The van der Waals surface area contributed by atoms with Gasteiger partial charge in [-0.25, -0.2) is 9.99 Å². The number of carbonyl (C=O) groups excluding carboxylic acids is 2. The highest BCUT2D eigenvalue weighted by Crippen LogP contribution is 2.32. The highest BCUT2D eigenvalue weighted by atomic mass is 32.2. The number of aryl methyl sites for hydroxylation is 1. The first-order valence-corrected chi connectivity index (χ1v) is 10.4. The minimum atomic E-state index is -0.298. The van der Waals surface area contributed by atoms with Gasteiger partial charge in [-0.3, -0.25) is 9.59 Å². The van der Waals surface area contributed by atoms with Crippen LogP contribution in [0.2, 0.25) is 0 Å². The number of nitrogens with one attached hydrogen (secondary N) is 1. The molecule has 0 radical (unpaired) electrons. The summed E-state index contributed by atoms with van der Waals surface area (Å²) in [6, 6.07) is 17.2. The first-order valence-electron chi connectivity index (χ1n) is 9.57. The third-order valence-corrected chi connectivity index (χ3v) is 5.81. The Labute approximate surface area is 178 Å². The number of imidazole rings is 1. The van der Waals surface area contributed by atoms with Crippen molar-refractivity contribution in [3.8, 4) is 0 Å². The van der Waals surface area contributed by atoms with E-state index in [4.69, 9.17) is 0 Å². The van der Waals surface area contributed by atoms with Gasteiger partial charge in [0.1, 0.15) is 5.71 Å². The molecule has 0 spiro atoms. The predicted molar refractivity (Wildman–Crippen MR) is 116 cm³/mol. The number of amides is 2. The number of rotatable bonds is 6. The summed E-state index contributed by atoms with van der Waals surface area (Å²) >= 11 is 1.47. The van der Waals surface area contributed by atoms with Crippen molar-refractivity contribution in [3.05, 3.63) is 72.6 Å². The van der Waals surface area contributed by atoms with Gasteiger partial charge in [0.15, 0.2) is 5.16 Å². The molecule has 0 fully saturated rings. The standard InChI is InChI=1S/C22H21N5O2S/c1-26-14-13-23-22(26)30-19-10-6-5-9-17(19)24-21(29)18-11-12-20(28)27(25-18)15-16-7-3-2-4-8-16/h2-10,13-14H,11-12,15H2,1H3,(H,24,29). The van der Waals surface area contributed by atoms with Crippen molar-refractivity contribution in [1.29, 1.82) is 0 Å². The average molecular weight is 420 g/mol. The van der Waals surface area contributed by atoms with E-state index in [0.29, 0.717) is 24.4 Å². The zero-order chi connectivity index (χ0) is 20.9. The van der Waals surface area contributed by atoms with E-state index in [1.54, 1.807) is 6.20 Å². The molecule has 8 heteroatoms. The van der Waals surface area contributed by atoms with Crippen LogP contribution in [0.1, 0.15) is 18.4 Å². The lowest BCUT2D eigenvalue weighted by atomic mass is 10.1. The topological polar surface area (TPSA) is 79.6 Å². The van der Waals surface area contributed by atoms with Crippen LogP contribution in [-0.4, -0.2) is 32.1 Å². The van der Waals surface area contributed by atoms with Gasteiger partial charge in [0.05, 0.1) is 12.2 Å². The Kier molecular flexibility index (Phi) is 5.94. The Balaban J connectivity index is 1.50. The van der Waals surface area contributed by atoms with Crippen LogP contribution in [-0.2, 0) is 23.2 Å². The molecule has 0 unspecified atom stereocenters. The van der Waals surface area contributed by atoms with Crippen LogP contribution in [0.15, 0.2) is 82.1 Å². The van der Waals surface area contributed by atoms with E-state index >= 15 is 0 Å². The lowest BCUT2D eigenvalue weighted by Gasteiger charge is -2.23. The Bertz CT molecular complexity index is 1090. The van der Waals surface area contributed by atoms with Crippen LogP contribution >= 0.6 is 11.8 Å². The molecule has 30 heavy (non-hydrogen) atoms. The molecule has 0 bridgehead atoms. The molecule has 1 aliphatic heterocycles. The van der Waals surface area contributed by atoms with Gasteiger partial charge in [-0.15, -0.1) is 0 Å². The van der Waals surface area contributed by atoms with Gasteiger partial charge in [0.2, 0.25) is 5.91 Å². The number of hydrogen-bond donors (Lipinski definition) is 1. The minimum absolute atomic E-state index is 0.0823.